The number of aryl methyl sites for hydroxylation is 2. The fourth-order valence-corrected chi connectivity index (χ4v) is 5.37. The molecular weight excluding hydrogens is 316 g/mol. The molecule has 1 aliphatic heterocycles. The molecule has 23 heavy (non-hydrogen) atoms. The molecule has 0 aromatic carbocycles. The molecule has 3 atom stereocenters. The van der Waals surface area contributed by atoms with Gasteiger partial charge in [0.05, 0.1) is 11.8 Å². The van der Waals surface area contributed by atoms with E-state index in [0.717, 1.165) is 38.8 Å². The lowest BCUT2D eigenvalue weighted by molar-refractivity contribution is 0.0127. The highest BCUT2D eigenvalue weighted by Crippen LogP contribution is 2.27. The van der Waals surface area contributed by atoms with Crippen molar-refractivity contribution in [2.75, 3.05) is 13.1 Å². The molecule has 1 aromatic rings. The Morgan fingerprint density at radius 3 is 2.57 bits per heavy atom. The minimum absolute atomic E-state index is 0.0638. The van der Waals surface area contributed by atoms with Crippen molar-refractivity contribution in [1.82, 2.24) is 19.4 Å². The molecule has 0 radical (unpaired) electrons. The number of sulfonamides is 1. The largest absolute Gasteiger partial charge is 0.390 e. The third-order valence-corrected chi connectivity index (χ3v) is 6.59. The van der Waals surface area contributed by atoms with E-state index < -0.39 is 22.2 Å². The third-order valence-electron chi connectivity index (χ3n) is 5.00. The van der Waals surface area contributed by atoms with Gasteiger partial charge in [0, 0.05) is 25.3 Å². The van der Waals surface area contributed by atoms with Gasteiger partial charge in [-0.25, -0.2) is 13.1 Å². The summed E-state index contributed by atoms with van der Waals surface area (Å²) in [5.41, 5.74) is 0.474. The van der Waals surface area contributed by atoms with Crippen LogP contribution < -0.4 is 4.72 Å². The second-order valence-electron chi connectivity index (χ2n) is 6.71. The first kappa shape index (κ1) is 16.9. The zero-order chi connectivity index (χ0) is 16.6. The Balaban J connectivity index is 1.74. The van der Waals surface area contributed by atoms with Gasteiger partial charge < -0.3 is 5.11 Å². The lowest BCUT2D eigenvalue weighted by Gasteiger charge is -2.39. The summed E-state index contributed by atoms with van der Waals surface area (Å²) in [6.07, 6.45) is 5.70. The second kappa shape index (κ2) is 6.51. The van der Waals surface area contributed by atoms with Crippen molar-refractivity contribution in [3.63, 3.8) is 0 Å². The summed E-state index contributed by atoms with van der Waals surface area (Å²) in [6, 6.07) is -0.368. The summed E-state index contributed by atoms with van der Waals surface area (Å²) in [7, 11) is -1.96. The number of aromatic nitrogens is 2. The fraction of sp³-hybridized carbons (Fsp3) is 0.800. The van der Waals surface area contributed by atoms with Crippen LogP contribution >= 0.6 is 0 Å². The van der Waals surface area contributed by atoms with E-state index in [0.29, 0.717) is 12.1 Å². The van der Waals surface area contributed by atoms with Gasteiger partial charge in [0.1, 0.15) is 4.90 Å². The quantitative estimate of drug-likeness (QED) is 0.826. The standard InChI is InChI=1S/C15H26N4O3S/c1-11-14(10-18(2)16-11)23(21,22)17-12-6-5-7-13(15(12)20)19-8-3-4-9-19/h10,12-13,15,17,20H,3-9H2,1-2H3/t12-,13-,15-/m1/s1. The van der Waals surface area contributed by atoms with Gasteiger partial charge in [-0.15, -0.1) is 0 Å². The van der Waals surface area contributed by atoms with Crippen molar-refractivity contribution in [3.05, 3.63) is 11.9 Å². The topological polar surface area (TPSA) is 87.5 Å². The molecule has 0 bridgehead atoms. The third kappa shape index (κ3) is 3.45. The van der Waals surface area contributed by atoms with Crippen LogP contribution in [0.5, 0.6) is 0 Å². The highest BCUT2D eigenvalue weighted by atomic mass is 32.2. The Bertz CT molecular complexity index is 652. The van der Waals surface area contributed by atoms with Crippen molar-refractivity contribution in [1.29, 1.82) is 0 Å². The Morgan fingerprint density at radius 1 is 1.26 bits per heavy atom. The zero-order valence-electron chi connectivity index (χ0n) is 13.8. The van der Waals surface area contributed by atoms with Crippen LogP contribution in [0.2, 0.25) is 0 Å². The van der Waals surface area contributed by atoms with Gasteiger partial charge in [0.2, 0.25) is 10.0 Å². The van der Waals surface area contributed by atoms with E-state index >= 15 is 0 Å². The SMILES string of the molecule is Cc1nn(C)cc1S(=O)(=O)N[C@@H]1CCC[C@@H](N2CCCC2)[C@@H]1O. The van der Waals surface area contributed by atoms with Crippen LogP contribution in [0.1, 0.15) is 37.8 Å². The lowest BCUT2D eigenvalue weighted by Crippen LogP contribution is -2.56. The molecule has 8 heteroatoms. The van der Waals surface area contributed by atoms with Gasteiger partial charge in [0.15, 0.2) is 0 Å². The average molecular weight is 342 g/mol. The number of hydrogen-bond donors (Lipinski definition) is 2. The van der Waals surface area contributed by atoms with E-state index in [2.05, 4.69) is 14.7 Å². The predicted molar refractivity (Wildman–Crippen MR) is 86.5 cm³/mol. The Morgan fingerprint density at radius 2 is 1.96 bits per heavy atom. The number of nitrogens with zero attached hydrogens (tertiary/aromatic N) is 3. The van der Waals surface area contributed by atoms with Crippen molar-refractivity contribution in [2.45, 2.75) is 62.1 Å². The minimum atomic E-state index is -3.66. The molecule has 2 fully saturated rings. The summed E-state index contributed by atoms with van der Waals surface area (Å²) in [5.74, 6) is 0. The molecule has 1 saturated carbocycles. The van der Waals surface area contributed by atoms with Crippen molar-refractivity contribution < 1.29 is 13.5 Å². The molecule has 2 heterocycles. The van der Waals surface area contributed by atoms with E-state index in [1.807, 2.05) is 0 Å². The fourth-order valence-electron chi connectivity index (χ4n) is 3.86. The first-order valence-corrected chi connectivity index (χ1v) is 9.81. The summed E-state index contributed by atoms with van der Waals surface area (Å²) < 4.78 is 29.4. The molecule has 0 unspecified atom stereocenters. The van der Waals surface area contributed by atoms with Crippen LogP contribution in [0.3, 0.4) is 0 Å². The number of aliphatic hydroxyl groups excluding tert-OH is 1. The van der Waals surface area contributed by atoms with Crippen molar-refractivity contribution >= 4 is 10.0 Å². The van der Waals surface area contributed by atoms with Crippen molar-refractivity contribution in [3.8, 4) is 0 Å². The number of nitrogens with one attached hydrogen (secondary N) is 1. The molecule has 1 aliphatic carbocycles. The number of hydrogen-bond acceptors (Lipinski definition) is 5. The van der Waals surface area contributed by atoms with Gasteiger partial charge in [-0.05, 0) is 45.7 Å². The van der Waals surface area contributed by atoms with Gasteiger partial charge >= 0.3 is 0 Å². The molecule has 3 rings (SSSR count). The number of rotatable bonds is 4. The number of likely N-dealkylation sites (tertiary alicyclic amines) is 1. The highest BCUT2D eigenvalue weighted by Gasteiger charge is 2.38. The van der Waals surface area contributed by atoms with Gasteiger partial charge in [-0.3, -0.25) is 9.58 Å². The molecule has 2 N–H and O–H groups in total. The van der Waals surface area contributed by atoms with Crippen LogP contribution in [0.25, 0.3) is 0 Å². The molecular formula is C15H26N4O3S. The summed E-state index contributed by atoms with van der Waals surface area (Å²) >= 11 is 0. The molecule has 1 aromatic heterocycles. The van der Waals surface area contributed by atoms with E-state index in [4.69, 9.17) is 0 Å². The molecule has 2 aliphatic rings. The van der Waals surface area contributed by atoms with E-state index in [1.165, 1.54) is 10.9 Å². The molecule has 1 saturated heterocycles. The van der Waals surface area contributed by atoms with Gasteiger partial charge in [-0.1, -0.05) is 6.42 Å². The molecule has 0 spiro atoms. The van der Waals surface area contributed by atoms with Crippen molar-refractivity contribution in [2.24, 2.45) is 7.05 Å². The maximum absolute atomic E-state index is 12.6. The first-order chi connectivity index (χ1) is 10.9. The zero-order valence-corrected chi connectivity index (χ0v) is 14.6. The molecule has 7 nitrogen and oxygen atoms in total. The Labute approximate surface area is 137 Å². The van der Waals surface area contributed by atoms with E-state index in [9.17, 15) is 13.5 Å². The highest BCUT2D eigenvalue weighted by molar-refractivity contribution is 7.89. The molecule has 130 valence electrons. The first-order valence-electron chi connectivity index (χ1n) is 8.33. The Kier molecular flexibility index (Phi) is 4.78. The monoisotopic (exact) mass is 342 g/mol. The maximum Gasteiger partial charge on any atom is 0.244 e. The Hall–Kier alpha value is -0.960. The van der Waals surface area contributed by atoms with Crippen LogP contribution in [-0.2, 0) is 17.1 Å². The average Bonchev–Trinajstić information content (AvgIpc) is 3.11. The van der Waals surface area contributed by atoms with E-state index in [-0.39, 0.29) is 10.9 Å². The minimum Gasteiger partial charge on any atom is -0.390 e. The normalized spacial score (nSPS) is 30.0. The van der Waals surface area contributed by atoms with Crippen LogP contribution in [0.4, 0.5) is 0 Å². The smallest absolute Gasteiger partial charge is 0.244 e. The van der Waals surface area contributed by atoms with Gasteiger partial charge in [-0.2, -0.15) is 5.10 Å². The van der Waals surface area contributed by atoms with E-state index in [1.54, 1.807) is 14.0 Å². The lowest BCUT2D eigenvalue weighted by atomic mass is 9.88. The van der Waals surface area contributed by atoms with Crippen LogP contribution in [-0.4, -0.2) is 59.5 Å². The van der Waals surface area contributed by atoms with Crippen LogP contribution in [0.15, 0.2) is 11.1 Å². The van der Waals surface area contributed by atoms with Gasteiger partial charge in [0.25, 0.3) is 0 Å². The van der Waals surface area contributed by atoms with Crippen LogP contribution in [0, 0.1) is 6.92 Å². The summed E-state index contributed by atoms with van der Waals surface area (Å²) in [4.78, 5) is 2.50. The predicted octanol–water partition coefficient (Wildman–Crippen LogP) is 0.385. The summed E-state index contributed by atoms with van der Waals surface area (Å²) in [6.45, 7) is 3.69. The summed E-state index contributed by atoms with van der Waals surface area (Å²) in [5, 5.41) is 14.8. The number of aliphatic hydroxyl groups is 1. The second-order valence-corrected chi connectivity index (χ2v) is 8.39. The molecule has 0 amide bonds. The maximum atomic E-state index is 12.6.